The number of nitrogens with zero attached hydrogens (tertiary/aromatic N) is 1. The van der Waals surface area contributed by atoms with Gasteiger partial charge in [0.05, 0.1) is 30.6 Å². The molecule has 2 aromatic rings. The fourth-order valence-corrected chi connectivity index (χ4v) is 3.90. The van der Waals surface area contributed by atoms with E-state index in [0.29, 0.717) is 32.1 Å². The van der Waals surface area contributed by atoms with Gasteiger partial charge in [-0.3, -0.25) is 9.59 Å². The molecular weight excluding hydrogens is 573 g/mol. The van der Waals surface area contributed by atoms with Crippen molar-refractivity contribution in [3.63, 3.8) is 0 Å². The molecule has 2 aromatic carbocycles. The number of hydrogen-bond acceptors (Lipinski definition) is 8. The average molecular weight is 595 g/mol. The highest BCUT2D eigenvalue weighted by Gasteiger charge is 2.35. The van der Waals surface area contributed by atoms with E-state index >= 15 is 0 Å². The van der Waals surface area contributed by atoms with Crippen molar-refractivity contribution in [1.82, 2.24) is 10.2 Å². The summed E-state index contributed by atoms with van der Waals surface area (Å²) in [5, 5.41) is 5.10. The lowest BCUT2D eigenvalue weighted by atomic mass is 10.1. The quantitative estimate of drug-likeness (QED) is 0.196. The number of urea groups is 1. The molecule has 0 aromatic heterocycles. The van der Waals surface area contributed by atoms with E-state index in [1.165, 1.54) is 27.4 Å². The third-order valence-electron chi connectivity index (χ3n) is 4.77. The molecule has 0 aliphatic carbocycles. The van der Waals surface area contributed by atoms with Crippen LogP contribution in [0.5, 0.6) is 17.2 Å². The summed E-state index contributed by atoms with van der Waals surface area (Å²) >= 11 is 1.99. The molecule has 12 heteroatoms. The molecule has 0 spiro atoms. The van der Waals surface area contributed by atoms with Crippen molar-refractivity contribution in [2.45, 2.75) is 0 Å². The van der Waals surface area contributed by atoms with E-state index in [9.17, 15) is 19.2 Å². The monoisotopic (exact) mass is 595 g/mol. The van der Waals surface area contributed by atoms with Crippen LogP contribution in [-0.2, 0) is 19.1 Å². The van der Waals surface area contributed by atoms with Crippen LogP contribution >= 0.6 is 22.6 Å². The molecule has 1 fully saturated rings. The first-order valence-electron chi connectivity index (χ1n) is 10.1. The third kappa shape index (κ3) is 6.20. The molecule has 1 saturated heterocycles. The van der Waals surface area contributed by atoms with Gasteiger partial charge in [0.15, 0.2) is 18.1 Å². The van der Waals surface area contributed by atoms with Crippen LogP contribution in [0.1, 0.15) is 5.56 Å². The Hall–Kier alpha value is -3.81. The number of rotatable bonds is 9. The maximum Gasteiger partial charge on any atom is 0.343 e. The third-order valence-corrected chi connectivity index (χ3v) is 5.57. The number of carbonyl (C=O) groups excluding carboxylic acids is 4. The van der Waals surface area contributed by atoms with Crippen molar-refractivity contribution in [2.75, 3.05) is 39.8 Å². The van der Waals surface area contributed by atoms with E-state index in [-0.39, 0.29) is 12.3 Å². The number of carbonyl (C=O) groups is 4. The van der Waals surface area contributed by atoms with E-state index in [1.807, 2.05) is 22.6 Å². The van der Waals surface area contributed by atoms with E-state index < -0.39 is 30.4 Å². The molecule has 0 saturated carbocycles. The number of halogens is 1. The van der Waals surface area contributed by atoms with Crippen molar-refractivity contribution < 1.29 is 38.1 Å². The maximum absolute atomic E-state index is 12.8. The lowest BCUT2D eigenvalue weighted by Crippen LogP contribution is -2.38. The lowest BCUT2D eigenvalue weighted by Gasteiger charge is -2.14. The highest BCUT2D eigenvalue weighted by Crippen LogP contribution is 2.35. The Morgan fingerprint density at radius 2 is 1.80 bits per heavy atom. The number of imide groups is 1. The first-order chi connectivity index (χ1) is 16.8. The van der Waals surface area contributed by atoms with E-state index in [4.69, 9.17) is 14.2 Å². The Morgan fingerprint density at radius 1 is 1.09 bits per heavy atom. The lowest BCUT2D eigenvalue weighted by molar-refractivity contribution is -0.143. The molecular formula is C23H22IN3O8. The van der Waals surface area contributed by atoms with Crippen LogP contribution in [0.4, 0.5) is 10.5 Å². The number of hydrogen-bond donors (Lipinski definition) is 2. The van der Waals surface area contributed by atoms with Crippen molar-refractivity contribution in [2.24, 2.45) is 0 Å². The predicted molar refractivity (Wildman–Crippen MR) is 133 cm³/mol. The number of esters is 1. The fourth-order valence-electron chi connectivity index (χ4n) is 3.12. The Kier molecular flexibility index (Phi) is 8.52. The summed E-state index contributed by atoms with van der Waals surface area (Å²) in [5.74, 6) is -0.688. The first kappa shape index (κ1) is 25.8. The minimum absolute atomic E-state index is 0.0128. The van der Waals surface area contributed by atoms with Gasteiger partial charge in [-0.05, 0) is 58.5 Å². The van der Waals surface area contributed by atoms with Crippen LogP contribution in [0.3, 0.4) is 0 Å². The second-order valence-electron chi connectivity index (χ2n) is 7.03. The number of para-hydroxylation sites is 2. The standard InChI is InChI=1S/C23H22IN3O8/c1-32-17-7-5-4-6-15(17)25-19(28)11-27-22(30)16(26-23(27)31)9-13-8-14(24)21(18(10-13)33-2)35-12-20(29)34-3/h4-10H,11-12H2,1-3H3,(H,25,28)(H,26,31)/b16-9+. The number of nitrogens with one attached hydrogen (secondary N) is 2. The van der Waals surface area contributed by atoms with Gasteiger partial charge in [-0.1, -0.05) is 12.1 Å². The number of ether oxygens (including phenoxy) is 4. The van der Waals surface area contributed by atoms with Crippen molar-refractivity contribution in [3.8, 4) is 17.2 Å². The molecule has 3 rings (SSSR count). The number of benzene rings is 2. The topological polar surface area (TPSA) is 132 Å². The van der Waals surface area contributed by atoms with Crippen LogP contribution in [0.15, 0.2) is 42.1 Å². The van der Waals surface area contributed by atoms with E-state index in [1.54, 1.807) is 36.4 Å². The Bertz CT molecular complexity index is 1200. The fraction of sp³-hybridized carbons (Fsp3) is 0.217. The highest BCUT2D eigenvalue weighted by atomic mass is 127. The minimum Gasteiger partial charge on any atom is -0.495 e. The van der Waals surface area contributed by atoms with Crippen LogP contribution in [-0.4, -0.2) is 63.2 Å². The van der Waals surface area contributed by atoms with Crippen LogP contribution in [0.2, 0.25) is 0 Å². The smallest absolute Gasteiger partial charge is 0.343 e. The molecule has 4 amide bonds. The molecule has 0 bridgehead atoms. The number of anilines is 1. The number of methoxy groups -OCH3 is 3. The molecule has 2 N–H and O–H groups in total. The second kappa shape index (κ2) is 11.6. The zero-order chi connectivity index (χ0) is 25.5. The second-order valence-corrected chi connectivity index (χ2v) is 8.19. The molecule has 1 aliphatic rings. The zero-order valence-corrected chi connectivity index (χ0v) is 21.2. The van der Waals surface area contributed by atoms with Crippen LogP contribution in [0.25, 0.3) is 6.08 Å². The molecule has 35 heavy (non-hydrogen) atoms. The van der Waals surface area contributed by atoms with Gasteiger partial charge in [0.1, 0.15) is 18.0 Å². The largest absolute Gasteiger partial charge is 0.495 e. The van der Waals surface area contributed by atoms with Gasteiger partial charge < -0.3 is 29.6 Å². The Morgan fingerprint density at radius 3 is 2.49 bits per heavy atom. The summed E-state index contributed by atoms with van der Waals surface area (Å²) in [6.07, 6.45) is 1.45. The summed E-state index contributed by atoms with van der Waals surface area (Å²) in [6, 6.07) is 9.31. The Labute approximate surface area is 214 Å². The van der Waals surface area contributed by atoms with Gasteiger partial charge >= 0.3 is 12.0 Å². The van der Waals surface area contributed by atoms with E-state index in [2.05, 4.69) is 15.4 Å². The van der Waals surface area contributed by atoms with Crippen LogP contribution < -0.4 is 24.8 Å². The van der Waals surface area contributed by atoms with Gasteiger partial charge in [-0.25, -0.2) is 14.5 Å². The maximum atomic E-state index is 12.8. The molecule has 11 nitrogen and oxygen atoms in total. The Balaban J connectivity index is 1.75. The summed E-state index contributed by atoms with van der Waals surface area (Å²) in [7, 11) is 4.15. The first-order valence-corrected chi connectivity index (χ1v) is 11.2. The molecule has 0 radical (unpaired) electrons. The SMILES string of the molecule is COC(=O)COc1c(I)cc(/C=C2/NC(=O)N(CC(=O)Nc3ccccc3OC)C2=O)cc1OC. The van der Waals surface area contributed by atoms with Crippen molar-refractivity contribution in [1.29, 1.82) is 0 Å². The number of amides is 4. The molecule has 1 heterocycles. The van der Waals surface area contributed by atoms with Gasteiger partial charge in [-0.15, -0.1) is 0 Å². The van der Waals surface area contributed by atoms with Crippen LogP contribution in [0, 0.1) is 3.57 Å². The highest BCUT2D eigenvalue weighted by molar-refractivity contribution is 14.1. The average Bonchev–Trinajstić information content (AvgIpc) is 3.10. The normalized spacial score (nSPS) is 13.9. The predicted octanol–water partition coefficient (Wildman–Crippen LogP) is 2.39. The minimum atomic E-state index is -0.726. The van der Waals surface area contributed by atoms with Gasteiger partial charge in [0.25, 0.3) is 5.91 Å². The molecule has 0 atom stereocenters. The molecule has 0 unspecified atom stereocenters. The molecule has 1 aliphatic heterocycles. The van der Waals surface area contributed by atoms with E-state index in [0.717, 1.165) is 4.90 Å². The van der Waals surface area contributed by atoms with Crippen molar-refractivity contribution >= 4 is 58.2 Å². The summed E-state index contributed by atoms with van der Waals surface area (Å²) < 4.78 is 21.2. The van der Waals surface area contributed by atoms with Crippen molar-refractivity contribution in [3.05, 3.63) is 51.2 Å². The van der Waals surface area contributed by atoms with Gasteiger partial charge in [0.2, 0.25) is 5.91 Å². The zero-order valence-electron chi connectivity index (χ0n) is 19.0. The summed E-state index contributed by atoms with van der Waals surface area (Å²) in [4.78, 5) is 49.8. The summed E-state index contributed by atoms with van der Waals surface area (Å²) in [5.41, 5.74) is 0.931. The van der Waals surface area contributed by atoms with Gasteiger partial charge in [-0.2, -0.15) is 0 Å². The summed E-state index contributed by atoms with van der Waals surface area (Å²) in [6.45, 7) is -0.787. The van der Waals surface area contributed by atoms with Gasteiger partial charge in [0, 0.05) is 0 Å². The molecule has 184 valence electrons.